The highest BCUT2D eigenvalue weighted by Gasteiger charge is 2.53. The first kappa shape index (κ1) is 28.9. The third-order valence-electron chi connectivity index (χ3n) is 7.30. The molecule has 13 heteroatoms. The number of cyclic esters (lactones) is 1. The summed E-state index contributed by atoms with van der Waals surface area (Å²) in [5.41, 5.74) is 6.61. The molecule has 214 valence electrons. The highest BCUT2D eigenvalue weighted by atomic mass is 19.1. The molecule has 1 aromatic carbocycles. The Morgan fingerprint density at radius 2 is 1.90 bits per heavy atom. The van der Waals surface area contributed by atoms with Crippen molar-refractivity contribution in [3.8, 4) is 11.1 Å². The Labute approximate surface area is 231 Å². The van der Waals surface area contributed by atoms with E-state index in [4.69, 9.17) is 15.2 Å². The molecule has 2 atom stereocenters. The maximum Gasteiger partial charge on any atom is 0.522 e. The van der Waals surface area contributed by atoms with Crippen molar-refractivity contribution in [2.24, 2.45) is 5.73 Å². The van der Waals surface area contributed by atoms with Crippen molar-refractivity contribution in [1.82, 2.24) is 19.3 Å². The normalized spacial score (nSPS) is 19.9. The second-order valence-electron chi connectivity index (χ2n) is 10.1. The summed E-state index contributed by atoms with van der Waals surface area (Å²) in [4.78, 5) is 58.4. The summed E-state index contributed by atoms with van der Waals surface area (Å²) in [5, 5.41) is 0. The van der Waals surface area contributed by atoms with Crippen LogP contribution in [-0.2, 0) is 23.9 Å². The molecule has 3 heterocycles. The summed E-state index contributed by atoms with van der Waals surface area (Å²) in [7, 11) is 3.49. The molecule has 3 amide bonds. The SMILES string of the molecule is CC(C(N)=O)[N+]1(c2ccc(-c3ccc(N4CCN(C(=O)COC(=O)CN(C)C)CC4)nc3)c(F)c2)CCOC1=O. The van der Waals surface area contributed by atoms with Gasteiger partial charge in [-0.1, -0.05) is 0 Å². The topological polar surface area (TPSA) is 135 Å². The number of halogens is 1. The molecule has 4 rings (SSSR count). The van der Waals surface area contributed by atoms with Gasteiger partial charge in [-0.05, 0) is 39.2 Å². The fourth-order valence-electron chi connectivity index (χ4n) is 4.95. The maximum atomic E-state index is 15.3. The highest BCUT2D eigenvalue weighted by Crippen LogP contribution is 2.35. The number of benzene rings is 1. The van der Waals surface area contributed by atoms with Crippen LogP contribution in [0.15, 0.2) is 36.5 Å². The molecule has 1 aromatic heterocycles. The lowest BCUT2D eigenvalue weighted by Gasteiger charge is -2.35. The van der Waals surface area contributed by atoms with E-state index < -0.39 is 34.3 Å². The zero-order valence-corrected chi connectivity index (χ0v) is 22.8. The van der Waals surface area contributed by atoms with Gasteiger partial charge in [0.2, 0.25) is 0 Å². The van der Waals surface area contributed by atoms with E-state index in [9.17, 15) is 19.2 Å². The Morgan fingerprint density at radius 3 is 2.45 bits per heavy atom. The lowest BCUT2D eigenvalue weighted by molar-refractivity contribution is -0.152. The second kappa shape index (κ2) is 12.0. The van der Waals surface area contributed by atoms with Crippen LogP contribution in [-0.4, -0.2) is 111 Å². The van der Waals surface area contributed by atoms with Crippen molar-refractivity contribution in [3.63, 3.8) is 0 Å². The molecule has 2 N–H and O–H groups in total. The second-order valence-corrected chi connectivity index (χ2v) is 10.1. The number of anilines is 1. The van der Waals surface area contributed by atoms with E-state index in [0.717, 1.165) is 0 Å². The van der Waals surface area contributed by atoms with Crippen LogP contribution >= 0.6 is 0 Å². The van der Waals surface area contributed by atoms with E-state index >= 15 is 4.39 Å². The minimum atomic E-state index is -0.921. The van der Waals surface area contributed by atoms with Gasteiger partial charge < -0.3 is 25.0 Å². The number of esters is 1. The predicted octanol–water partition coefficient (Wildman–Crippen LogP) is 0.972. The van der Waals surface area contributed by atoms with Crippen molar-refractivity contribution in [2.45, 2.75) is 13.0 Å². The van der Waals surface area contributed by atoms with Gasteiger partial charge in [-0.25, -0.2) is 9.37 Å². The molecule has 2 saturated heterocycles. The molecule has 2 unspecified atom stereocenters. The van der Waals surface area contributed by atoms with E-state index in [2.05, 4.69) is 4.98 Å². The first-order valence-corrected chi connectivity index (χ1v) is 13.0. The number of amides is 3. The number of carbonyl (C=O) groups is 4. The first-order chi connectivity index (χ1) is 19.0. The Hall–Kier alpha value is -4.10. The molecule has 2 aromatic rings. The summed E-state index contributed by atoms with van der Waals surface area (Å²) in [6.45, 7) is 3.64. The molecular weight excluding hydrogens is 523 g/mol. The van der Waals surface area contributed by atoms with Crippen molar-refractivity contribution in [2.75, 3.05) is 71.5 Å². The van der Waals surface area contributed by atoms with Crippen LogP contribution < -0.4 is 15.1 Å². The first-order valence-electron chi connectivity index (χ1n) is 13.0. The van der Waals surface area contributed by atoms with Gasteiger partial charge in [0.25, 0.3) is 11.8 Å². The summed E-state index contributed by atoms with van der Waals surface area (Å²) < 4.78 is 25.0. The van der Waals surface area contributed by atoms with Crippen molar-refractivity contribution in [3.05, 3.63) is 42.3 Å². The molecule has 0 saturated carbocycles. The number of primary amides is 1. The van der Waals surface area contributed by atoms with Gasteiger partial charge in [0.05, 0.1) is 6.54 Å². The number of aromatic nitrogens is 1. The van der Waals surface area contributed by atoms with E-state index in [0.29, 0.717) is 48.8 Å². The molecule has 2 aliphatic heterocycles. The molecular formula is C27H34FN6O6+. The molecule has 0 bridgehead atoms. The Morgan fingerprint density at radius 1 is 1.18 bits per heavy atom. The molecule has 2 fully saturated rings. The van der Waals surface area contributed by atoms with Crippen LogP contribution in [0.5, 0.6) is 0 Å². The van der Waals surface area contributed by atoms with E-state index in [1.807, 2.05) is 4.90 Å². The number of nitrogens with two attached hydrogens (primary N) is 1. The van der Waals surface area contributed by atoms with Crippen LogP contribution in [0.1, 0.15) is 6.92 Å². The number of quaternary nitrogens is 1. The van der Waals surface area contributed by atoms with Gasteiger partial charge >= 0.3 is 12.1 Å². The third kappa shape index (κ3) is 5.89. The number of hydrogen-bond donors (Lipinski definition) is 1. The smallest absolute Gasteiger partial charge is 0.455 e. The molecule has 2 aliphatic rings. The zero-order valence-electron chi connectivity index (χ0n) is 22.8. The Bertz CT molecular complexity index is 1280. The van der Waals surface area contributed by atoms with Crippen LogP contribution in [0.25, 0.3) is 11.1 Å². The molecule has 40 heavy (non-hydrogen) atoms. The Kier molecular flexibility index (Phi) is 8.64. The van der Waals surface area contributed by atoms with Gasteiger partial charge in [-0.2, -0.15) is 9.28 Å². The highest BCUT2D eigenvalue weighted by molar-refractivity contribution is 5.93. The van der Waals surface area contributed by atoms with Crippen molar-refractivity contribution < 1.29 is 33.0 Å². The number of nitrogens with zero attached hydrogens (tertiary/aromatic N) is 5. The lowest BCUT2D eigenvalue weighted by atomic mass is 10.0. The van der Waals surface area contributed by atoms with E-state index in [1.165, 1.54) is 13.0 Å². The number of hydrogen-bond acceptors (Lipinski definition) is 9. The fraction of sp³-hybridized carbons (Fsp3) is 0.444. The van der Waals surface area contributed by atoms with Gasteiger partial charge in [0, 0.05) is 55.6 Å². The molecule has 0 radical (unpaired) electrons. The largest absolute Gasteiger partial charge is 0.522 e. The van der Waals surface area contributed by atoms with E-state index in [1.54, 1.807) is 54.4 Å². The van der Waals surface area contributed by atoms with Crippen LogP contribution in [0.3, 0.4) is 0 Å². The minimum absolute atomic E-state index is 0.109. The van der Waals surface area contributed by atoms with Crippen molar-refractivity contribution in [1.29, 1.82) is 0 Å². The number of carbonyl (C=O) groups excluding carboxylic acids is 4. The number of pyridine rings is 1. The summed E-state index contributed by atoms with van der Waals surface area (Å²) in [5.74, 6) is -1.27. The number of likely N-dealkylation sites (N-methyl/N-ethyl adjacent to an activating group) is 1. The molecule has 0 aliphatic carbocycles. The predicted molar refractivity (Wildman–Crippen MR) is 145 cm³/mol. The average molecular weight is 558 g/mol. The quantitative estimate of drug-likeness (QED) is 0.353. The van der Waals surface area contributed by atoms with Crippen LogP contribution in [0.4, 0.5) is 20.7 Å². The van der Waals surface area contributed by atoms with Gasteiger partial charge in [0.15, 0.2) is 12.6 Å². The number of rotatable bonds is 9. The standard InChI is InChI=1S/C27H33FN6O6/c1-18(26(29)37)34(12-13-39-27(34)38)20-5-6-21(22(28)14-20)19-4-7-23(30-15-19)32-8-10-33(11-9-32)24(35)17-40-25(36)16-31(2)3/h4-7,14-15,18H,8-13,16-17H2,1-3H3,(H-,29,37)/p+1. The monoisotopic (exact) mass is 557 g/mol. The molecule has 0 spiro atoms. The van der Waals surface area contributed by atoms with E-state index in [-0.39, 0.29) is 32.2 Å². The average Bonchev–Trinajstić information content (AvgIpc) is 3.32. The third-order valence-corrected chi connectivity index (χ3v) is 7.30. The summed E-state index contributed by atoms with van der Waals surface area (Å²) in [6, 6.07) is 7.01. The molecule has 12 nitrogen and oxygen atoms in total. The van der Waals surface area contributed by atoms with Crippen LogP contribution in [0.2, 0.25) is 0 Å². The van der Waals surface area contributed by atoms with Crippen molar-refractivity contribution >= 4 is 35.4 Å². The van der Waals surface area contributed by atoms with Crippen LogP contribution in [0, 0.1) is 5.82 Å². The van der Waals surface area contributed by atoms with Gasteiger partial charge in [-0.3, -0.25) is 19.3 Å². The van der Waals surface area contributed by atoms with Gasteiger partial charge in [0.1, 0.15) is 30.5 Å². The maximum absolute atomic E-state index is 15.3. The van der Waals surface area contributed by atoms with Gasteiger partial charge in [-0.15, -0.1) is 0 Å². The number of piperazine rings is 1. The Balaban J connectivity index is 1.40. The minimum Gasteiger partial charge on any atom is -0.455 e. The fourth-order valence-corrected chi connectivity index (χ4v) is 4.95. The summed E-state index contributed by atoms with van der Waals surface area (Å²) in [6.07, 6.45) is 0.923. The number of ether oxygens (including phenoxy) is 2. The summed E-state index contributed by atoms with van der Waals surface area (Å²) >= 11 is 0. The zero-order chi connectivity index (χ0) is 29.0. The lowest BCUT2D eigenvalue weighted by Crippen LogP contribution is -2.61.